The lowest BCUT2D eigenvalue weighted by Gasteiger charge is -2.20. The number of nitrogens with zero attached hydrogens (tertiary/aromatic N) is 3. The van der Waals surface area contributed by atoms with E-state index >= 15 is 0 Å². The van der Waals surface area contributed by atoms with E-state index in [-0.39, 0.29) is 12.5 Å². The maximum absolute atomic E-state index is 10.9. The van der Waals surface area contributed by atoms with Gasteiger partial charge in [-0.05, 0) is 6.42 Å². The third-order valence-electron chi connectivity index (χ3n) is 2.41. The van der Waals surface area contributed by atoms with Crippen molar-refractivity contribution < 1.29 is 4.79 Å². The van der Waals surface area contributed by atoms with Crippen molar-refractivity contribution in [3.8, 4) is 0 Å². The fourth-order valence-electron chi connectivity index (χ4n) is 1.74. The van der Waals surface area contributed by atoms with Crippen LogP contribution >= 0.6 is 0 Å². The number of rotatable bonds is 6. The molecular formula is C11H19N5O. The third-order valence-corrected chi connectivity index (χ3v) is 2.41. The molecule has 1 rings (SSSR count). The summed E-state index contributed by atoms with van der Waals surface area (Å²) in [4.78, 5) is 21.1. The molecule has 1 aromatic rings. The Bertz CT molecular complexity index is 393. The van der Waals surface area contributed by atoms with Gasteiger partial charge in [0.05, 0.1) is 6.54 Å². The van der Waals surface area contributed by atoms with Crippen LogP contribution in [0.2, 0.25) is 0 Å². The predicted octanol–water partition coefficient (Wildman–Crippen LogP) is 0.392. The molecular weight excluding hydrogens is 218 g/mol. The Kier molecular flexibility index (Phi) is 4.68. The van der Waals surface area contributed by atoms with Crippen LogP contribution in [-0.2, 0) is 11.2 Å². The Hall–Kier alpha value is -1.85. The molecule has 6 heteroatoms. The van der Waals surface area contributed by atoms with Crippen LogP contribution in [0.4, 0.5) is 11.6 Å². The minimum atomic E-state index is -0.375. The van der Waals surface area contributed by atoms with Crippen molar-refractivity contribution in [1.82, 2.24) is 9.97 Å². The molecule has 0 bridgehead atoms. The zero-order valence-corrected chi connectivity index (χ0v) is 10.5. The summed E-state index contributed by atoms with van der Waals surface area (Å²) in [5.74, 6) is 1.18. The summed E-state index contributed by atoms with van der Waals surface area (Å²) in [6.45, 7) is 2.24. The first-order chi connectivity index (χ1) is 8.10. The van der Waals surface area contributed by atoms with Crippen LogP contribution in [0.3, 0.4) is 0 Å². The number of likely N-dealkylation sites (N-methyl/N-ethyl adjacent to an activating group) is 1. The lowest BCUT2D eigenvalue weighted by atomic mass is 10.1. The van der Waals surface area contributed by atoms with E-state index in [1.54, 1.807) is 11.9 Å². The molecule has 0 unspecified atom stereocenters. The maximum atomic E-state index is 10.9. The minimum absolute atomic E-state index is 0.150. The molecule has 0 aliphatic heterocycles. The van der Waals surface area contributed by atoms with Crippen LogP contribution in [0.15, 0.2) is 6.33 Å². The van der Waals surface area contributed by atoms with Crippen molar-refractivity contribution >= 4 is 17.5 Å². The van der Waals surface area contributed by atoms with E-state index < -0.39 is 0 Å². The fourth-order valence-corrected chi connectivity index (χ4v) is 1.74. The summed E-state index contributed by atoms with van der Waals surface area (Å²) in [6, 6.07) is 0. The second-order valence-corrected chi connectivity index (χ2v) is 3.85. The highest BCUT2D eigenvalue weighted by atomic mass is 16.1. The number of nitrogens with two attached hydrogens (primary N) is 1. The van der Waals surface area contributed by atoms with Crippen LogP contribution in [0.1, 0.15) is 18.9 Å². The molecule has 1 amide bonds. The van der Waals surface area contributed by atoms with Gasteiger partial charge < -0.3 is 16.0 Å². The highest BCUT2D eigenvalue weighted by Gasteiger charge is 2.14. The van der Waals surface area contributed by atoms with E-state index in [0.717, 1.165) is 30.0 Å². The molecule has 0 aromatic carbocycles. The number of nitrogens with one attached hydrogen (secondary N) is 1. The SMILES string of the molecule is CCCc1c(NC)ncnc1N(C)CC(N)=O. The highest BCUT2D eigenvalue weighted by molar-refractivity contribution is 5.79. The molecule has 1 aromatic heterocycles. The highest BCUT2D eigenvalue weighted by Crippen LogP contribution is 2.23. The molecule has 0 spiro atoms. The summed E-state index contributed by atoms with van der Waals surface area (Å²) in [7, 11) is 3.62. The Morgan fingerprint density at radius 1 is 1.53 bits per heavy atom. The number of aromatic nitrogens is 2. The van der Waals surface area contributed by atoms with Crippen molar-refractivity contribution in [1.29, 1.82) is 0 Å². The lowest BCUT2D eigenvalue weighted by molar-refractivity contribution is -0.116. The lowest BCUT2D eigenvalue weighted by Crippen LogP contribution is -2.32. The van der Waals surface area contributed by atoms with Gasteiger partial charge in [0.1, 0.15) is 18.0 Å². The third kappa shape index (κ3) is 3.30. The van der Waals surface area contributed by atoms with Gasteiger partial charge in [-0.2, -0.15) is 0 Å². The standard InChI is InChI=1S/C11H19N5O/c1-4-5-8-10(13-2)14-7-15-11(8)16(3)6-9(12)17/h7H,4-6H2,1-3H3,(H2,12,17)(H,13,14,15). The van der Waals surface area contributed by atoms with Crippen LogP contribution < -0.4 is 16.0 Å². The van der Waals surface area contributed by atoms with Gasteiger partial charge >= 0.3 is 0 Å². The van der Waals surface area contributed by atoms with E-state index in [1.165, 1.54) is 6.33 Å². The first-order valence-corrected chi connectivity index (χ1v) is 5.61. The van der Waals surface area contributed by atoms with Gasteiger partial charge in [0, 0.05) is 19.7 Å². The Morgan fingerprint density at radius 3 is 2.76 bits per heavy atom. The number of anilines is 2. The van der Waals surface area contributed by atoms with Gasteiger partial charge in [-0.1, -0.05) is 13.3 Å². The molecule has 94 valence electrons. The smallest absolute Gasteiger partial charge is 0.236 e. The van der Waals surface area contributed by atoms with Crippen molar-refractivity contribution in [2.75, 3.05) is 30.9 Å². The number of hydrogen-bond acceptors (Lipinski definition) is 5. The predicted molar refractivity (Wildman–Crippen MR) is 68.0 cm³/mol. The average molecular weight is 237 g/mol. The average Bonchev–Trinajstić information content (AvgIpc) is 2.28. The molecule has 0 atom stereocenters. The Balaban J connectivity index is 3.08. The van der Waals surface area contributed by atoms with E-state index in [0.29, 0.717) is 0 Å². The summed E-state index contributed by atoms with van der Waals surface area (Å²) in [5.41, 5.74) is 6.20. The molecule has 6 nitrogen and oxygen atoms in total. The first-order valence-electron chi connectivity index (χ1n) is 5.61. The van der Waals surface area contributed by atoms with Crippen LogP contribution in [0.5, 0.6) is 0 Å². The van der Waals surface area contributed by atoms with Crippen molar-refractivity contribution in [2.24, 2.45) is 5.73 Å². The van der Waals surface area contributed by atoms with E-state index in [2.05, 4.69) is 22.2 Å². The first kappa shape index (κ1) is 13.2. The monoisotopic (exact) mass is 237 g/mol. The van der Waals surface area contributed by atoms with Gasteiger partial charge in [-0.15, -0.1) is 0 Å². The van der Waals surface area contributed by atoms with E-state index in [9.17, 15) is 4.79 Å². The van der Waals surface area contributed by atoms with Crippen LogP contribution in [0, 0.1) is 0 Å². The summed E-state index contributed by atoms with van der Waals surface area (Å²) >= 11 is 0. The number of carbonyl (C=O) groups excluding carboxylic acids is 1. The number of carbonyl (C=O) groups is 1. The van der Waals surface area contributed by atoms with Gasteiger partial charge in [-0.25, -0.2) is 9.97 Å². The number of hydrogen-bond donors (Lipinski definition) is 2. The van der Waals surface area contributed by atoms with Crippen LogP contribution in [-0.4, -0.2) is 36.5 Å². The fraction of sp³-hybridized carbons (Fsp3) is 0.545. The number of amides is 1. The summed E-state index contributed by atoms with van der Waals surface area (Å²) < 4.78 is 0. The normalized spacial score (nSPS) is 10.1. The Morgan fingerprint density at radius 2 is 2.24 bits per heavy atom. The molecule has 0 saturated carbocycles. The van der Waals surface area contributed by atoms with E-state index in [1.807, 2.05) is 7.05 Å². The molecule has 0 fully saturated rings. The second-order valence-electron chi connectivity index (χ2n) is 3.85. The zero-order chi connectivity index (χ0) is 12.8. The molecule has 0 aliphatic rings. The van der Waals surface area contributed by atoms with Gasteiger partial charge in [-0.3, -0.25) is 4.79 Å². The minimum Gasteiger partial charge on any atom is -0.373 e. The maximum Gasteiger partial charge on any atom is 0.236 e. The molecule has 17 heavy (non-hydrogen) atoms. The number of primary amides is 1. The summed E-state index contributed by atoms with van der Waals surface area (Å²) in [6.07, 6.45) is 3.33. The van der Waals surface area contributed by atoms with Gasteiger partial charge in [0.2, 0.25) is 5.91 Å². The van der Waals surface area contributed by atoms with Crippen molar-refractivity contribution in [3.05, 3.63) is 11.9 Å². The van der Waals surface area contributed by atoms with Gasteiger partial charge in [0.25, 0.3) is 0 Å². The quantitative estimate of drug-likeness (QED) is 0.747. The Labute approximate surface area is 101 Å². The largest absolute Gasteiger partial charge is 0.373 e. The topological polar surface area (TPSA) is 84.1 Å². The zero-order valence-electron chi connectivity index (χ0n) is 10.5. The van der Waals surface area contributed by atoms with E-state index in [4.69, 9.17) is 5.73 Å². The molecule has 0 radical (unpaired) electrons. The molecule has 3 N–H and O–H groups in total. The second kappa shape index (κ2) is 6.03. The van der Waals surface area contributed by atoms with Gasteiger partial charge in [0.15, 0.2) is 0 Å². The van der Waals surface area contributed by atoms with Crippen molar-refractivity contribution in [2.45, 2.75) is 19.8 Å². The molecule has 1 heterocycles. The molecule has 0 aliphatic carbocycles. The van der Waals surface area contributed by atoms with Crippen molar-refractivity contribution in [3.63, 3.8) is 0 Å². The molecule has 0 saturated heterocycles. The summed E-state index contributed by atoms with van der Waals surface area (Å²) in [5, 5.41) is 3.04. The van der Waals surface area contributed by atoms with Crippen LogP contribution in [0.25, 0.3) is 0 Å².